The molecule has 5 fully saturated rings. The smallest absolute Gasteiger partial charge is 0.224 e. The lowest BCUT2D eigenvalue weighted by atomic mass is 9.80. The fourth-order valence-electron chi connectivity index (χ4n) is 6.52. The molecule has 2 aliphatic carbocycles. The normalized spacial score (nSPS) is 25.9. The van der Waals surface area contributed by atoms with Crippen LogP contribution >= 0.6 is 0 Å². The molecule has 2 aromatic heterocycles. The molecule has 2 bridgehead atoms. The van der Waals surface area contributed by atoms with E-state index in [1.54, 1.807) is 12.1 Å². The van der Waals surface area contributed by atoms with E-state index in [2.05, 4.69) is 20.7 Å². The van der Waals surface area contributed by atoms with Crippen LogP contribution in [0.4, 0.5) is 5.82 Å². The molecule has 1 N–H and O–H groups in total. The molecule has 3 aliphatic heterocycles. The van der Waals surface area contributed by atoms with Gasteiger partial charge in [-0.3, -0.25) is 4.98 Å². The third-order valence-electron chi connectivity index (χ3n) is 8.82. The van der Waals surface area contributed by atoms with E-state index in [9.17, 15) is 9.47 Å². The zero-order chi connectivity index (χ0) is 28.6. The molecular formula is C31H34N6O3S. The number of ether oxygens (including phenoxy) is 2. The Morgan fingerprint density at radius 1 is 1.17 bits per heavy atom. The number of anilines is 1. The highest BCUT2D eigenvalue weighted by Crippen LogP contribution is 2.72. The molecule has 5 aliphatic rings. The molecular weight excluding hydrogens is 536 g/mol. The Kier molecular flexibility index (Phi) is 6.02. The molecule has 1 spiro atoms. The predicted molar refractivity (Wildman–Crippen MR) is 156 cm³/mol. The zero-order valence-corrected chi connectivity index (χ0v) is 24.6. The molecule has 0 radical (unpaired) electrons. The third kappa shape index (κ3) is 4.70. The molecule has 0 amide bonds. The summed E-state index contributed by atoms with van der Waals surface area (Å²) < 4.78 is 27.6. The van der Waals surface area contributed by atoms with Gasteiger partial charge in [0.05, 0.1) is 51.8 Å². The molecule has 10 heteroatoms. The summed E-state index contributed by atoms with van der Waals surface area (Å²) in [6.07, 6.45) is 6.30. The van der Waals surface area contributed by atoms with Crippen LogP contribution in [0, 0.1) is 23.7 Å². The average molecular weight is 571 g/mol. The van der Waals surface area contributed by atoms with E-state index in [0.29, 0.717) is 60.2 Å². The molecule has 2 unspecified atom stereocenters. The lowest BCUT2D eigenvalue weighted by molar-refractivity contribution is -0.0617. The van der Waals surface area contributed by atoms with Crippen LogP contribution in [0.1, 0.15) is 57.0 Å². The molecule has 41 heavy (non-hydrogen) atoms. The van der Waals surface area contributed by atoms with Crippen molar-refractivity contribution in [1.29, 1.82) is 5.26 Å². The molecule has 9 nitrogen and oxygen atoms in total. The predicted octanol–water partition coefficient (Wildman–Crippen LogP) is 4.62. The van der Waals surface area contributed by atoms with E-state index in [4.69, 9.17) is 19.4 Å². The van der Waals surface area contributed by atoms with Gasteiger partial charge >= 0.3 is 0 Å². The number of piperidine rings is 2. The van der Waals surface area contributed by atoms with Crippen molar-refractivity contribution < 1.29 is 13.7 Å². The summed E-state index contributed by atoms with van der Waals surface area (Å²) >= 11 is 0. The van der Waals surface area contributed by atoms with Gasteiger partial charge in [0.2, 0.25) is 5.88 Å². The summed E-state index contributed by atoms with van der Waals surface area (Å²) in [5.41, 5.74) is 3.18. The quantitative estimate of drug-likeness (QED) is 0.418. The standard InChI is InChI=1S/C31H34N6O3S/c1-19-34-27(37-22-12-30(13-22)14-26(30)37)10-28(35-19)40-25-9-20(15-32)5-7-23(25)24-8-6-21(16-33-24)11-31(17-39-18-31)36-41(38)29(2,3)4/h5-10,16,22,26,36H,11-14,17-18H2,1-4H3. The zero-order valence-electron chi connectivity index (χ0n) is 23.8. The first-order chi connectivity index (χ1) is 19.6. The third-order valence-corrected chi connectivity index (χ3v) is 10.5. The molecule has 212 valence electrons. The van der Waals surface area contributed by atoms with Crippen molar-refractivity contribution in [2.45, 2.75) is 75.7 Å². The van der Waals surface area contributed by atoms with Crippen molar-refractivity contribution in [3.63, 3.8) is 0 Å². The van der Waals surface area contributed by atoms with Crippen LogP contribution in [0.3, 0.4) is 0 Å². The maximum absolute atomic E-state index is 12.8. The maximum atomic E-state index is 12.8. The minimum absolute atomic E-state index is 0.367. The fourth-order valence-corrected chi connectivity index (χ4v) is 7.41. The molecule has 2 saturated carbocycles. The lowest BCUT2D eigenvalue weighted by Gasteiger charge is -2.43. The van der Waals surface area contributed by atoms with Crippen LogP contribution in [0.15, 0.2) is 42.6 Å². The van der Waals surface area contributed by atoms with Gasteiger partial charge in [-0.25, -0.2) is 13.9 Å². The molecule has 3 saturated heterocycles. The number of hydrogen-bond acceptors (Lipinski definition) is 8. The summed E-state index contributed by atoms with van der Waals surface area (Å²) in [5.74, 6) is 2.57. The van der Waals surface area contributed by atoms with Crippen LogP contribution in [0.25, 0.3) is 11.3 Å². The highest BCUT2D eigenvalue weighted by atomic mass is 32.2. The van der Waals surface area contributed by atoms with Crippen molar-refractivity contribution in [2.24, 2.45) is 5.41 Å². The van der Waals surface area contributed by atoms with Gasteiger partial charge < -0.3 is 14.4 Å². The number of aryl methyl sites for hydroxylation is 1. The summed E-state index contributed by atoms with van der Waals surface area (Å²) in [5, 5.41) is 9.58. The highest BCUT2D eigenvalue weighted by molar-refractivity contribution is 7.84. The fraction of sp³-hybridized carbons (Fsp3) is 0.484. The van der Waals surface area contributed by atoms with Gasteiger partial charge in [-0.2, -0.15) is 10.2 Å². The van der Waals surface area contributed by atoms with Crippen LogP contribution in [-0.4, -0.2) is 54.7 Å². The van der Waals surface area contributed by atoms with Crippen LogP contribution in [0.5, 0.6) is 11.6 Å². The SMILES string of the molecule is Cc1nc(Oc2cc(C#N)ccc2-c2ccc(CC3(NS(=O)C(C)(C)C)COC3)cn2)cc(N2C3CC4(C3)CC24)n1. The number of hydrogen-bond donors (Lipinski definition) is 1. The van der Waals surface area contributed by atoms with Crippen LogP contribution in [0.2, 0.25) is 0 Å². The number of rotatable bonds is 8. The Morgan fingerprint density at radius 2 is 1.98 bits per heavy atom. The number of nitrogens with zero attached hydrogens (tertiary/aromatic N) is 5. The van der Waals surface area contributed by atoms with Gasteiger partial charge in [0, 0.05) is 29.9 Å². The topological polar surface area (TPSA) is 113 Å². The van der Waals surface area contributed by atoms with E-state index in [0.717, 1.165) is 22.6 Å². The number of nitriles is 1. The van der Waals surface area contributed by atoms with E-state index in [1.807, 2.05) is 58.2 Å². The monoisotopic (exact) mass is 570 g/mol. The van der Waals surface area contributed by atoms with Crippen LogP contribution < -0.4 is 14.4 Å². The molecule has 3 aromatic rings. The number of nitrogens with one attached hydrogen (secondary N) is 1. The molecule has 5 heterocycles. The largest absolute Gasteiger partial charge is 0.438 e. The molecule has 1 aromatic carbocycles. The first-order valence-electron chi connectivity index (χ1n) is 14.2. The minimum Gasteiger partial charge on any atom is -0.438 e. The van der Waals surface area contributed by atoms with E-state index in [-0.39, 0.29) is 10.3 Å². The Morgan fingerprint density at radius 3 is 2.56 bits per heavy atom. The summed E-state index contributed by atoms with van der Waals surface area (Å²) in [7, 11) is -1.20. The van der Waals surface area contributed by atoms with Gasteiger partial charge in [-0.15, -0.1) is 0 Å². The van der Waals surface area contributed by atoms with Crippen molar-refractivity contribution >= 4 is 16.8 Å². The minimum atomic E-state index is -1.20. The van der Waals surface area contributed by atoms with Gasteiger partial charge in [-0.05, 0) is 88.6 Å². The Bertz CT molecular complexity index is 1580. The summed E-state index contributed by atoms with van der Waals surface area (Å²) in [6.45, 7) is 8.76. The summed E-state index contributed by atoms with van der Waals surface area (Å²) in [6, 6.07) is 14.7. The van der Waals surface area contributed by atoms with Crippen molar-refractivity contribution in [3.8, 4) is 29.0 Å². The van der Waals surface area contributed by atoms with Crippen molar-refractivity contribution in [3.05, 3.63) is 59.5 Å². The number of pyridine rings is 1. The van der Waals surface area contributed by atoms with Gasteiger partial charge in [0.1, 0.15) is 17.4 Å². The second-order valence-electron chi connectivity index (χ2n) is 13.1. The second kappa shape index (κ2) is 9.31. The van der Waals surface area contributed by atoms with E-state index in [1.165, 1.54) is 19.3 Å². The Balaban J connectivity index is 1.13. The van der Waals surface area contributed by atoms with E-state index < -0.39 is 11.0 Å². The first-order valence-corrected chi connectivity index (χ1v) is 15.3. The lowest BCUT2D eigenvalue weighted by Crippen LogP contribution is -2.63. The Labute approximate surface area is 242 Å². The summed E-state index contributed by atoms with van der Waals surface area (Å²) in [4.78, 5) is 16.5. The maximum Gasteiger partial charge on any atom is 0.224 e. The Hall–Kier alpha value is -3.39. The van der Waals surface area contributed by atoms with Crippen LogP contribution in [-0.2, 0) is 22.1 Å². The number of aromatic nitrogens is 3. The first kappa shape index (κ1) is 26.5. The van der Waals surface area contributed by atoms with Gasteiger partial charge in [0.25, 0.3) is 0 Å². The highest BCUT2D eigenvalue weighted by Gasteiger charge is 2.73. The van der Waals surface area contributed by atoms with Gasteiger partial charge in [-0.1, -0.05) is 6.07 Å². The van der Waals surface area contributed by atoms with E-state index >= 15 is 0 Å². The molecule has 2 atom stereocenters. The second-order valence-corrected chi connectivity index (χ2v) is 15.0. The average Bonchev–Trinajstić information content (AvgIpc) is 3.45. The van der Waals surface area contributed by atoms with Crippen molar-refractivity contribution in [2.75, 3.05) is 18.1 Å². The van der Waals surface area contributed by atoms with Crippen molar-refractivity contribution in [1.82, 2.24) is 19.7 Å². The van der Waals surface area contributed by atoms with Gasteiger partial charge in [0.15, 0.2) is 0 Å². The molecule has 8 rings (SSSR count). The number of benzene rings is 1.